The fourth-order valence-corrected chi connectivity index (χ4v) is 4.72. The number of primary amides is 1. The van der Waals surface area contributed by atoms with E-state index in [-0.39, 0.29) is 24.7 Å². The van der Waals surface area contributed by atoms with Crippen molar-refractivity contribution < 1.29 is 24.0 Å². The predicted octanol–water partition coefficient (Wildman–Crippen LogP) is -1.92. The number of nitrogens with one attached hydrogen (secondary N) is 5. The van der Waals surface area contributed by atoms with E-state index in [1.807, 2.05) is 24.3 Å². The number of guanidine groups is 1. The molecule has 15 N–H and O–H groups in total. The number of H-pyrrole nitrogens is 1. The van der Waals surface area contributed by atoms with E-state index in [2.05, 4.69) is 31.2 Å². The van der Waals surface area contributed by atoms with Crippen molar-refractivity contribution in [3.05, 3.63) is 36.0 Å². The highest BCUT2D eigenvalue weighted by atomic mass is 16.2. The SMILES string of the molecule is NCCCC(NC(=O)C(N)CCCN=C(N)N)C(=O)NCCCCCNC(=O)C(CC(N)=O)NC(=O)Cc1c[nH]c2ccccc12. The van der Waals surface area contributed by atoms with Gasteiger partial charge in [0.15, 0.2) is 5.96 Å². The highest BCUT2D eigenvalue weighted by Gasteiger charge is 2.24. The van der Waals surface area contributed by atoms with Gasteiger partial charge in [0.2, 0.25) is 29.5 Å². The molecule has 1 aromatic carbocycles. The molecule has 0 aliphatic carbocycles. The molecule has 2 aromatic rings. The van der Waals surface area contributed by atoms with E-state index in [0.29, 0.717) is 71.1 Å². The zero-order chi connectivity index (χ0) is 33.9. The van der Waals surface area contributed by atoms with Gasteiger partial charge in [-0.25, -0.2) is 0 Å². The van der Waals surface area contributed by atoms with Gasteiger partial charge in [-0.15, -0.1) is 0 Å². The monoisotopic (exact) mass is 643 g/mol. The zero-order valence-corrected chi connectivity index (χ0v) is 26.2. The molecule has 0 saturated carbocycles. The molecule has 3 atom stereocenters. The molecule has 3 unspecified atom stereocenters. The summed E-state index contributed by atoms with van der Waals surface area (Å²) >= 11 is 0. The molecule has 0 aliphatic rings. The lowest BCUT2D eigenvalue weighted by Gasteiger charge is -2.20. The molecule has 1 aromatic heterocycles. The van der Waals surface area contributed by atoms with Crippen molar-refractivity contribution in [1.29, 1.82) is 0 Å². The second-order valence-electron chi connectivity index (χ2n) is 11.0. The van der Waals surface area contributed by atoms with Crippen LogP contribution in [0.15, 0.2) is 35.5 Å². The standard InChI is InChI=1S/C30H49N11O5/c31-12-6-11-23(41-27(44)21(32)9-7-15-38-30(34)35)28(45)36-13-4-1-5-14-37-29(46)24(17-25(33)42)40-26(43)16-19-18-39-22-10-3-2-8-20(19)22/h2-3,8,10,18,21,23-24,39H,1,4-7,9,11-17,31-32H2,(H2,33,42)(H,36,45)(H,37,46)(H,40,43)(H,41,44)(H4,34,35,38). The molecule has 1 heterocycles. The third-order valence-electron chi connectivity index (χ3n) is 7.17. The number of carbonyl (C=O) groups is 5. The lowest BCUT2D eigenvalue weighted by atomic mass is 10.1. The summed E-state index contributed by atoms with van der Waals surface area (Å²) in [7, 11) is 0. The molecule has 0 fully saturated rings. The fraction of sp³-hybridized carbons (Fsp3) is 0.533. The number of amides is 5. The molecule has 0 aliphatic heterocycles. The van der Waals surface area contributed by atoms with E-state index in [9.17, 15) is 24.0 Å². The topological polar surface area (TPSA) is 292 Å². The number of hydrogen-bond acceptors (Lipinski definition) is 8. The number of fused-ring (bicyclic) bond motifs is 1. The minimum Gasteiger partial charge on any atom is -0.370 e. The smallest absolute Gasteiger partial charge is 0.243 e. The number of nitrogens with two attached hydrogens (primary N) is 5. The number of nitrogens with zero attached hydrogens (tertiary/aromatic N) is 1. The van der Waals surface area contributed by atoms with Gasteiger partial charge >= 0.3 is 0 Å². The highest BCUT2D eigenvalue weighted by Crippen LogP contribution is 2.18. The molecule has 16 nitrogen and oxygen atoms in total. The van der Waals surface area contributed by atoms with Crippen LogP contribution in [0, 0.1) is 0 Å². The summed E-state index contributed by atoms with van der Waals surface area (Å²) < 4.78 is 0. The van der Waals surface area contributed by atoms with Crippen molar-refractivity contribution >= 4 is 46.4 Å². The van der Waals surface area contributed by atoms with E-state index in [4.69, 9.17) is 28.7 Å². The summed E-state index contributed by atoms with van der Waals surface area (Å²) in [5, 5.41) is 11.8. The Morgan fingerprint density at radius 2 is 1.48 bits per heavy atom. The molecule has 0 saturated heterocycles. The summed E-state index contributed by atoms with van der Waals surface area (Å²) in [4.78, 5) is 69.2. The number of aromatic nitrogens is 1. The number of rotatable bonds is 22. The molecular formula is C30H49N11O5. The van der Waals surface area contributed by atoms with Gasteiger partial charge in [0.05, 0.1) is 18.9 Å². The Morgan fingerprint density at radius 1 is 0.804 bits per heavy atom. The first kappa shape index (κ1) is 37.5. The molecule has 16 heteroatoms. The zero-order valence-electron chi connectivity index (χ0n) is 26.2. The quantitative estimate of drug-likeness (QED) is 0.0388. The first-order valence-corrected chi connectivity index (χ1v) is 15.5. The highest BCUT2D eigenvalue weighted by molar-refractivity contribution is 5.94. The van der Waals surface area contributed by atoms with Gasteiger partial charge < -0.3 is 54.9 Å². The normalized spacial score (nSPS) is 12.8. The lowest BCUT2D eigenvalue weighted by Crippen LogP contribution is -2.51. The third-order valence-corrected chi connectivity index (χ3v) is 7.17. The Kier molecular flexibility index (Phi) is 16.6. The van der Waals surface area contributed by atoms with Gasteiger partial charge in [-0.3, -0.25) is 29.0 Å². The Balaban J connectivity index is 1.72. The maximum Gasteiger partial charge on any atom is 0.243 e. The maximum absolute atomic E-state index is 12.8. The van der Waals surface area contributed by atoms with Crippen molar-refractivity contribution in [3.63, 3.8) is 0 Å². The van der Waals surface area contributed by atoms with E-state index in [1.54, 1.807) is 6.20 Å². The second-order valence-corrected chi connectivity index (χ2v) is 11.0. The van der Waals surface area contributed by atoms with Crippen LogP contribution in [0.1, 0.15) is 56.9 Å². The average molecular weight is 644 g/mol. The Hall–Kier alpha value is -4.70. The van der Waals surface area contributed by atoms with Crippen molar-refractivity contribution in [2.24, 2.45) is 33.7 Å². The number of hydrogen-bond donors (Lipinski definition) is 10. The summed E-state index contributed by atoms with van der Waals surface area (Å²) in [6.07, 6.45) is 5.10. The molecule has 0 spiro atoms. The van der Waals surface area contributed by atoms with Crippen LogP contribution in [0.5, 0.6) is 0 Å². The van der Waals surface area contributed by atoms with Crippen LogP contribution >= 0.6 is 0 Å². The molecule has 254 valence electrons. The molecular weight excluding hydrogens is 594 g/mol. The number of carbonyl (C=O) groups excluding carboxylic acids is 5. The van der Waals surface area contributed by atoms with Crippen LogP contribution in [0.4, 0.5) is 0 Å². The summed E-state index contributed by atoms with van der Waals surface area (Å²) in [5.74, 6) is -2.44. The van der Waals surface area contributed by atoms with Crippen LogP contribution in [0.2, 0.25) is 0 Å². The van der Waals surface area contributed by atoms with Crippen molar-refractivity contribution in [3.8, 4) is 0 Å². The van der Waals surface area contributed by atoms with Crippen LogP contribution in [0.3, 0.4) is 0 Å². The van der Waals surface area contributed by atoms with E-state index < -0.39 is 41.8 Å². The van der Waals surface area contributed by atoms with Crippen molar-refractivity contribution in [2.45, 2.75) is 75.9 Å². The molecule has 5 amide bonds. The van der Waals surface area contributed by atoms with Crippen LogP contribution in [-0.2, 0) is 30.4 Å². The largest absolute Gasteiger partial charge is 0.370 e. The molecule has 2 rings (SSSR count). The Bertz CT molecular complexity index is 1330. The lowest BCUT2D eigenvalue weighted by molar-refractivity contribution is -0.131. The van der Waals surface area contributed by atoms with Gasteiger partial charge in [0.25, 0.3) is 0 Å². The van der Waals surface area contributed by atoms with Gasteiger partial charge in [-0.1, -0.05) is 18.2 Å². The number of aliphatic imine (C=N–C) groups is 1. The average Bonchev–Trinajstić information content (AvgIpc) is 3.42. The second kappa shape index (κ2) is 20.4. The Labute approximate surface area is 268 Å². The maximum atomic E-state index is 12.8. The molecule has 0 bridgehead atoms. The minimum absolute atomic E-state index is 0.0303. The predicted molar refractivity (Wildman–Crippen MR) is 176 cm³/mol. The number of aromatic amines is 1. The number of benzene rings is 1. The van der Waals surface area contributed by atoms with Crippen LogP contribution in [0.25, 0.3) is 10.9 Å². The van der Waals surface area contributed by atoms with Crippen molar-refractivity contribution in [2.75, 3.05) is 26.2 Å². The van der Waals surface area contributed by atoms with E-state index >= 15 is 0 Å². The van der Waals surface area contributed by atoms with E-state index in [1.165, 1.54) is 0 Å². The van der Waals surface area contributed by atoms with Crippen LogP contribution < -0.4 is 49.9 Å². The summed E-state index contributed by atoms with van der Waals surface area (Å²) in [6.45, 7) is 1.38. The fourth-order valence-electron chi connectivity index (χ4n) is 4.72. The first-order chi connectivity index (χ1) is 22.0. The minimum atomic E-state index is -1.10. The van der Waals surface area contributed by atoms with Crippen molar-refractivity contribution in [1.82, 2.24) is 26.3 Å². The third kappa shape index (κ3) is 13.9. The molecule has 0 radical (unpaired) electrons. The van der Waals surface area contributed by atoms with Crippen LogP contribution in [-0.4, -0.2) is 84.8 Å². The van der Waals surface area contributed by atoms with Gasteiger partial charge in [-0.05, 0) is 63.1 Å². The number of para-hydroxylation sites is 1. The first-order valence-electron chi connectivity index (χ1n) is 15.5. The summed E-state index contributed by atoms with van der Waals surface area (Å²) in [5.41, 5.74) is 29.1. The Morgan fingerprint density at radius 3 is 2.13 bits per heavy atom. The summed E-state index contributed by atoms with van der Waals surface area (Å²) in [6, 6.07) is 4.86. The van der Waals surface area contributed by atoms with Gasteiger partial charge in [0, 0.05) is 36.7 Å². The molecule has 46 heavy (non-hydrogen) atoms. The van der Waals surface area contributed by atoms with Gasteiger partial charge in [0.1, 0.15) is 12.1 Å². The number of unbranched alkanes of at least 4 members (excludes halogenated alkanes) is 2. The van der Waals surface area contributed by atoms with E-state index in [0.717, 1.165) is 16.5 Å². The van der Waals surface area contributed by atoms with Gasteiger partial charge in [-0.2, -0.15) is 0 Å².